The van der Waals surface area contributed by atoms with Gasteiger partial charge in [-0.3, -0.25) is 0 Å². The number of methoxy groups -OCH3 is 1. The fraction of sp³-hybridized carbons (Fsp3) is 0.500. The van der Waals surface area contributed by atoms with Crippen molar-refractivity contribution in [3.8, 4) is 0 Å². The van der Waals surface area contributed by atoms with Gasteiger partial charge in [-0.05, 0) is 13.0 Å². The molecule has 0 aliphatic heterocycles. The van der Waals surface area contributed by atoms with E-state index in [0.29, 0.717) is 12.1 Å². The molecule has 0 bridgehead atoms. The number of carboxylic acids is 1. The smallest absolute Gasteiger partial charge is 0.336 e. The minimum atomic E-state index is -0.872. The molecule has 15 heavy (non-hydrogen) atoms. The molecule has 0 fully saturated rings. The summed E-state index contributed by atoms with van der Waals surface area (Å²) in [7, 11) is 1.67. The molecule has 84 valence electrons. The first kappa shape index (κ1) is 12.2. The number of nitrogens with one attached hydrogen (secondary N) is 1. The van der Waals surface area contributed by atoms with Crippen molar-refractivity contribution in [2.45, 2.75) is 19.6 Å². The first-order valence-electron chi connectivity index (χ1n) is 4.67. The number of rotatable bonds is 6. The fourth-order valence-electron chi connectivity index (χ4n) is 1.07. The van der Waals surface area contributed by atoms with Crippen molar-refractivity contribution in [2.24, 2.45) is 0 Å². The van der Waals surface area contributed by atoms with Gasteiger partial charge < -0.3 is 15.2 Å². The van der Waals surface area contributed by atoms with E-state index in [-0.39, 0.29) is 6.10 Å². The second-order valence-corrected chi connectivity index (χ2v) is 4.28. The lowest BCUT2D eigenvalue weighted by Crippen LogP contribution is -2.25. The van der Waals surface area contributed by atoms with Crippen LogP contribution in [0, 0.1) is 0 Å². The van der Waals surface area contributed by atoms with Crippen LogP contribution in [0.1, 0.15) is 22.2 Å². The van der Waals surface area contributed by atoms with Crippen molar-refractivity contribution in [1.82, 2.24) is 5.32 Å². The number of hydrogen-bond donors (Lipinski definition) is 2. The predicted octanol–water partition coefficient (Wildman–Crippen LogP) is 1.57. The largest absolute Gasteiger partial charge is 0.478 e. The summed E-state index contributed by atoms with van der Waals surface area (Å²) in [6, 6.07) is 1.69. The first-order chi connectivity index (χ1) is 7.13. The molecule has 1 aromatic rings. The van der Waals surface area contributed by atoms with Crippen LogP contribution in [0.2, 0.25) is 0 Å². The van der Waals surface area contributed by atoms with Crippen LogP contribution in [-0.4, -0.2) is 30.8 Å². The van der Waals surface area contributed by atoms with Crippen molar-refractivity contribution >= 4 is 17.3 Å². The second-order valence-electron chi connectivity index (χ2n) is 3.28. The molecule has 0 aliphatic carbocycles. The molecule has 4 nitrogen and oxygen atoms in total. The van der Waals surface area contributed by atoms with Gasteiger partial charge >= 0.3 is 5.97 Å². The normalized spacial score (nSPS) is 12.7. The molecule has 1 aromatic heterocycles. The molecule has 1 atom stereocenters. The van der Waals surface area contributed by atoms with Gasteiger partial charge in [0, 0.05) is 30.5 Å². The highest BCUT2D eigenvalue weighted by molar-refractivity contribution is 7.10. The SMILES string of the molecule is COC(C)CNCc1cc(C(=O)O)cs1. The molecule has 1 rings (SSSR count). The maximum Gasteiger partial charge on any atom is 0.336 e. The quantitative estimate of drug-likeness (QED) is 0.777. The standard InChI is InChI=1S/C10H15NO3S/c1-7(14-2)4-11-5-9-3-8(6-15-9)10(12)13/h3,6-7,11H,4-5H2,1-2H3,(H,12,13). The third-order valence-electron chi connectivity index (χ3n) is 2.03. The summed E-state index contributed by atoms with van der Waals surface area (Å²) in [5.74, 6) is -0.872. The Morgan fingerprint density at radius 3 is 3.00 bits per heavy atom. The van der Waals surface area contributed by atoms with Crippen LogP contribution in [-0.2, 0) is 11.3 Å². The topological polar surface area (TPSA) is 58.6 Å². The van der Waals surface area contributed by atoms with E-state index < -0.39 is 5.97 Å². The summed E-state index contributed by atoms with van der Waals surface area (Å²) in [6.07, 6.45) is 0.170. The van der Waals surface area contributed by atoms with Gasteiger partial charge in [-0.25, -0.2) is 4.79 Å². The Morgan fingerprint density at radius 2 is 2.47 bits per heavy atom. The lowest BCUT2D eigenvalue weighted by atomic mass is 10.3. The zero-order valence-corrected chi connectivity index (χ0v) is 9.63. The zero-order valence-electron chi connectivity index (χ0n) is 8.82. The summed E-state index contributed by atoms with van der Waals surface area (Å²) in [6.45, 7) is 3.42. The predicted molar refractivity (Wildman–Crippen MR) is 59.5 cm³/mol. The summed E-state index contributed by atoms with van der Waals surface area (Å²) in [5, 5.41) is 13.6. The van der Waals surface area contributed by atoms with E-state index in [9.17, 15) is 4.79 Å². The molecule has 5 heteroatoms. The average molecular weight is 229 g/mol. The Morgan fingerprint density at radius 1 is 1.73 bits per heavy atom. The molecule has 0 saturated carbocycles. The number of hydrogen-bond acceptors (Lipinski definition) is 4. The van der Waals surface area contributed by atoms with E-state index >= 15 is 0 Å². The molecule has 1 unspecified atom stereocenters. The number of carbonyl (C=O) groups is 1. The maximum atomic E-state index is 10.6. The molecule has 0 radical (unpaired) electrons. The molecular formula is C10H15NO3S. The van der Waals surface area contributed by atoms with E-state index in [1.165, 1.54) is 11.3 Å². The highest BCUT2D eigenvalue weighted by Gasteiger charge is 2.06. The lowest BCUT2D eigenvalue weighted by Gasteiger charge is -2.09. The van der Waals surface area contributed by atoms with Gasteiger partial charge in [0.25, 0.3) is 0 Å². The van der Waals surface area contributed by atoms with Gasteiger partial charge in [0.2, 0.25) is 0 Å². The average Bonchev–Trinajstić information content (AvgIpc) is 2.66. The number of ether oxygens (including phenoxy) is 1. The van der Waals surface area contributed by atoms with Crippen molar-refractivity contribution in [1.29, 1.82) is 0 Å². The van der Waals surface area contributed by atoms with Crippen LogP contribution in [0.15, 0.2) is 11.4 Å². The van der Waals surface area contributed by atoms with E-state index in [0.717, 1.165) is 11.4 Å². The van der Waals surface area contributed by atoms with E-state index in [1.807, 2.05) is 6.92 Å². The van der Waals surface area contributed by atoms with Gasteiger partial charge in [0.1, 0.15) is 0 Å². The van der Waals surface area contributed by atoms with Crippen LogP contribution in [0.5, 0.6) is 0 Å². The lowest BCUT2D eigenvalue weighted by molar-refractivity contribution is 0.0697. The van der Waals surface area contributed by atoms with Gasteiger partial charge in [-0.2, -0.15) is 0 Å². The van der Waals surface area contributed by atoms with Crippen molar-refractivity contribution < 1.29 is 14.6 Å². The Hall–Kier alpha value is -0.910. The fourth-order valence-corrected chi connectivity index (χ4v) is 1.90. The number of carboxylic acid groups (broad SMARTS) is 1. The zero-order chi connectivity index (χ0) is 11.3. The second kappa shape index (κ2) is 5.85. The molecule has 0 amide bonds. The van der Waals surface area contributed by atoms with Gasteiger partial charge in [0.15, 0.2) is 0 Å². The Labute approximate surface area is 92.9 Å². The summed E-state index contributed by atoms with van der Waals surface area (Å²) >= 11 is 1.45. The molecule has 0 aliphatic rings. The van der Waals surface area contributed by atoms with Crippen LogP contribution in [0.3, 0.4) is 0 Å². The Bertz CT molecular complexity index is 324. The minimum absolute atomic E-state index is 0.170. The number of aromatic carboxylic acids is 1. The van der Waals surface area contributed by atoms with Gasteiger partial charge in [0.05, 0.1) is 11.7 Å². The van der Waals surface area contributed by atoms with Crippen molar-refractivity contribution in [3.05, 3.63) is 21.9 Å². The molecule has 0 saturated heterocycles. The minimum Gasteiger partial charge on any atom is -0.478 e. The molecule has 2 N–H and O–H groups in total. The van der Waals surface area contributed by atoms with Crippen molar-refractivity contribution in [3.63, 3.8) is 0 Å². The summed E-state index contributed by atoms with van der Waals surface area (Å²) in [5.41, 5.74) is 0.358. The molecule has 0 aromatic carbocycles. The Balaban J connectivity index is 2.35. The summed E-state index contributed by atoms with van der Waals surface area (Å²) < 4.78 is 5.08. The van der Waals surface area contributed by atoms with Crippen LogP contribution >= 0.6 is 11.3 Å². The Kier molecular flexibility index (Phi) is 4.74. The number of thiophene rings is 1. The van der Waals surface area contributed by atoms with Gasteiger partial charge in [-0.1, -0.05) is 0 Å². The van der Waals surface area contributed by atoms with Crippen LogP contribution in [0.25, 0.3) is 0 Å². The highest BCUT2D eigenvalue weighted by atomic mass is 32.1. The first-order valence-corrected chi connectivity index (χ1v) is 5.55. The monoisotopic (exact) mass is 229 g/mol. The van der Waals surface area contributed by atoms with E-state index in [2.05, 4.69) is 5.32 Å². The third-order valence-corrected chi connectivity index (χ3v) is 2.97. The summed E-state index contributed by atoms with van der Waals surface area (Å²) in [4.78, 5) is 11.6. The van der Waals surface area contributed by atoms with Crippen LogP contribution < -0.4 is 5.32 Å². The van der Waals surface area contributed by atoms with Crippen LogP contribution in [0.4, 0.5) is 0 Å². The van der Waals surface area contributed by atoms with Crippen molar-refractivity contribution in [2.75, 3.05) is 13.7 Å². The molecular weight excluding hydrogens is 214 g/mol. The third kappa shape index (κ3) is 3.99. The highest BCUT2D eigenvalue weighted by Crippen LogP contribution is 2.14. The maximum absolute atomic E-state index is 10.6. The van der Waals surface area contributed by atoms with E-state index in [1.54, 1.807) is 18.6 Å². The van der Waals surface area contributed by atoms with Gasteiger partial charge in [-0.15, -0.1) is 11.3 Å². The molecule has 0 spiro atoms. The van der Waals surface area contributed by atoms with E-state index in [4.69, 9.17) is 9.84 Å². The molecule has 1 heterocycles.